The number of aryl methyl sites for hydroxylation is 1. The molecule has 26 heavy (non-hydrogen) atoms. The van der Waals surface area contributed by atoms with Gasteiger partial charge in [0.1, 0.15) is 18.1 Å². The summed E-state index contributed by atoms with van der Waals surface area (Å²) >= 11 is 0. The van der Waals surface area contributed by atoms with Gasteiger partial charge >= 0.3 is 0 Å². The zero-order valence-electron chi connectivity index (χ0n) is 14.7. The van der Waals surface area contributed by atoms with Crippen LogP contribution in [0.2, 0.25) is 0 Å². The third-order valence-electron chi connectivity index (χ3n) is 4.31. The fourth-order valence-corrected chi connectivity index (χ4v) is 2.89. The molecule has 2 aromatic heterocycles. The number of aliphatic imine (C=N–C) groups is 1. The van der Waals surface area contributed by atoms with E-state index in [0.717, 1.165) is 40.5 Å². The van der Waals surface area contributed by atoms with Gasteiger partial charge in [-0.3, -0.25) is 0 Å². The molecule has 0 saturated carbocycles. The highest BCUT2D eigenvalue weighted by molar-refractivity contribution is 6.11. The first kappa shape index (κ1) is 16.2. The predicted molar refractivity (Wildman–Crippen MR) is 105 cm³/mol. The Labute approximate surface area is 153 Å². The molecule has 1 aliphatic rings. The predicted octanol–water partition coefficient (Wildman–Crippen LogP) is 4.85. The first-order valence-electron chi connectivity index (χ1n) is 8.82. The zero-order valence-corrected chi connectivity index (χ0v) is 14.7. The van der Waals surface area contributed by atoms with Gasteiger partial charge in [-0.1, -0.05) is 37.3 Å². The van der Waals surface area contributed by atoms with E-state index < -0.39 is 0 Å². The first-order chi connectivity index (χ1) is 12.8. The Bertz CT molecular complexity index is 960. The highest BCUT2D eigenvalue weighted by atomic mass is 16.5. The lowest BCUT2D eigenvalue weighted by Gasteiger charge is -2.07. The summed E-state index contributed by atoms with van der Waals surface area (Å²) in [6.45, 7) is 2.65. The number of hydrogen-bond donors (Lipinski definition) is 2. The maximum Gasteiger partial charge on any atom is 0.147 e. The third kappa shape index (κ3) is 3.54. The number of nitrogens with one attached hydrogen (secondary N) is 2. The van der Waals surface area contributed by atoms with Crippen LogP contribution in [0.15, 0.2) is 83.3 Å². The van der Waals surface area contributed by atoms with Crippen molar-refractivity contribution in [1.29, 1.82) is 0 Å². The van der Waals surface area contributed by atoms with Gasteiger partial charge in [0.2, 0.25) is 0 Å². The van der Waals surface area contributed by atoms with Crippen molar-refractivity contribution in [2.45, 2.75) is 20.0 Å². The molecule has 3 aromatic rings. The molecule has 130 valence electrons. The highest BCUT2D eigenvalue weighted by Crippen LogP contribution is 2.26. The first-order valence-corrected chi connectivity index (χ1v) is 8.82. The standard InChI is InChI=1S/C22H21N3O/c1-2-17-10-11-18(24-17)13-21-22(26-15-16-7-4-3-5-8-16)14-20(25-21)19-9-6-12-23-19/h3-14,23-24H,2,15H2,1H3. The highest BCUT2D eigenvalue weighted by Gasteiger charge is 2.18. The number of rotatable bonds is 6. The van der Waals surface area contributed by atoms with Crippen LogP contribution in [-0.4, -0.2) is 15.7 Å². The minimum atomic E-state index is 0.516. The van der Waals surface area contributed by atoms with E-state index in [1.165, 1.54) is 5.69 Å². The van der Waals surface area contributed by atoms with E-state index in [9.17, 15) is 0 Å². The van der Waals surface area contributed by atoms with E-state index in [2.05, 4.69) is 41.2 Å². The van der Waals surface area contributed by atoms with Crippen molar-refractivity contribution in [2.75, 3.05) is 0 Å². The van der Waals surface area contributed by atoms with E-state index in [4.69, 9.17) is 9.73 Å². The summed E-state index contributed by atoms with van der Waals surface area (Å²) in [6, 6.07) is 18.3. The van der Waals surface area contributed by atoms with Crippen LogP contribution < -0.4 is 0 Å². The lowest BCUT2D eigenvalue weighted by atomic mass is 10.2. The monoisotopic (exact) mass is 343 g/mol. The molecule has 0 aliphatic carbocycles. The van der Waals surface area contributed by atoms with Crippen LogP contribution in [0.4, 0.5) is 0 Å². The third-order valence-corrected chi connectivity index (χ3v) is 4.31. The van der Waals surface area contributed by atoms with Crippen LogP contribution in [-0.2, 0) is 17.8 Å². The minimum absolute atomic E-state index is 0.516. The molecule has 1 aliphatic heterocycles. The molecule has 0 spiro atoms. The molecule has 0 saturated heterocycles. The summed E-state index contributed by atoms with van der Waals surface area (Å²) < 4.78 is 6.09. The Balaban J connectivity index is 1.61. The molecule has 0 unspecified atom stereocenters. The summed E-state index contributed by atoms with van der Waals surface area (Å²) in [5.41, 5.74) is 6.06. The summed E-state index contributed by atoms with van der Waals surface area (Å²) in [7, 11) is 0. The van der Waals surface area contributed by atoms with Crippen molar-refractivity contribution >= 4 is 11.8 Å². The Morgan fingerprint density at radius 1 is 1.04 bits per heavy atom. The number of H-pyrrole nitrogens is 2. The number of benzene rings is 1. The molecule has 0 atom stereocenters. The number of aromatic nitrogens is 2. The normalized spacial score (nSPS) is 15.2. The smallest absolute Gasteiger partial charge is 0.147 e. The fourth-order valence-electron chi connectivity index (χ4n) is 2.89. The van der Waals surface area contributed by atoms with Crippen LogP contribution >= 0.6 is 0 Å². The summed E-state index contributed by atoms with van der Waals surface area (Å²) in [6.07, 6.45) is 6.90. The molecule has 0 radical (unpaired) electrons. The van der Waals surface area contributed by atoms with Gasteiger partial charge in [0.15, 0.2) is 0 Å². The SMILES string of the molecule is CCc1ccc(C=C2N=C(c3ccc[nH]3)C=C2OCc2ccccc2)[nH]1. The molecule has 0 amide bonds. The number of ether oxygens (including phenoxy) is 1. The Morgan fingerprint density at radius 2 is 1.92 bits per heavy atom. The Kier molecular flexibility index (Phi) is 4.56. The number of nitrogens with zero attached hydrogens (tertiary/aromatic N) is 1. The molecule has 2 N–H and O–H groups in total. The van der Waals surface area contributed by atoms with Gasteiger partial charge in [-0.25, -0.2) is 4.99 Å². The lowest BCUT2D eigenvalue weighted by molar-refractivity contribution is 0.208. The van der Waals surface area contributed by atoms with Crippen molar-refractivity contribution < 1.29 is 4.74 Å². The van der Waals surface area contributed by atoms with Crippen LogP contribution in [0.1, 0.15) is 29.6 Å². The molecule has 4 nitrogen and oxygen atoms in total. The van der Waals surface area contributed by atoms with Gasteiger partial charge in [0, 0.05) is 23.7 Å². The molecule has 3 heterocycles. The summed E-state index contributed by atoms with van der Waals surface area (Å²) in [4.78, 5) is 11.4. The molecular formula is C22H21N3O. The van der Waals surface area contributed by atoms with Crippen molar-refractivity contribution in [3.63, 3.8) is 0 Å². The summed E-state index contributed by atoms with van der Waals surface area (Å²) in [5, 5.41) is 0. The second-order valence-corrected chi connectivity index (χ2v) is 6.19. The maximum absolute atomic E-state index is 6.09. The fraction of sp³-hybridized carbons (Fsp3) is 0.136. The van der Waals surface area contributed by atoms with Gasteiger partial charge in [0.25, 0.3) is 0 Å². The minimum Gasteiger partial charge on any atom is -0.487 e. The average molecular weight is 343 g/mol. The van der Waals surface area contributed by atoms with Crippen molar-refractivity contribution in [1.82, 2.24) is 9.97 Å². The molecule has 4 heteroatoms. The van der Waals surface area contributed by atoms with Crippen molar-refractivity contribution in [2.24, 2.45) is 4.99 Å². The van der Waals surface area contributed by atoms with Gasteiger partial charge < -0.3 is 14.7 Å². The average Bonchev–Trinajstić information content (AvgIpc) is 3.42. The lowest BCUT2D eigenvalue weighted by Crippen LogP contribution is -1.95. The zero-order chi connectivity index (χ0) is 17.8. The van der Waals surface area contributed by atoms with Crippen molar-refractivity contribution in [3.05, 3.63) is 101 Å². The van der Waals surface area contributed by atoms with Gasteiger partial charge in [-0.2, -0.15) is 0 Å². The van der Waals surface area contributed by atoms with Crippen LogP contribution in [0.5, 0.6) is 0 Å². The largest absolute Gasteiger partial charge is 0.487 e. The van der Waals surface area contributed by atoms with Gasteiger partial charge in [-0.15, -0.1) is 0 Å². The molecular weight excluding hydrogens is 322 g/mol. The van der Waals surface area contributed by atoms with E-state index in [1.54, 1.807) is 0 Å². The van der Waals surface area contributed by atoms with Gasteiger partial charge in [0.05, 0.1) is 11.4 Å². The van der Waals surface area contributed by atoms with E-state index >= 15 is 0 Å². The number of aromatic amines is 2. The molecule has 4 rings (SSSR count). The van der Waals surface area contributed by atoms with E-state index in [0.29, 0.717) is 6.61 Å². The maximum atomic E-state index is 6.09. The molecule has 0 fully saturated rings. The van der Waals surface area contributed by atoms with Crippen LogP contribution in [0, 0.1) is 0 Å². The van der Waals surface area contributed by atoms with Crippen LogP contribution in [0.3, 0.4) is 0 Å². The van der Waals surface area contributed by atoms with Crippen LogP contribution in [0.25, 0.3) is 6.08 Å². The number of hydrogen-bond acceptors (Lipinski definition) is 2. The second kappa shape index (κ2) is 7.31. The topological polar surface area (TPSA) is 53.2 Å². The molecule has 1 aromatic carbocycles. The van der Waals surface area contributed by atoms with E-state index in [-0.39, 0.29) is 0 Å². The Morgan fingerprint density at radius 3 is 2.65 bits per heavy atom. The number of allylic oxidation sites excluding steroid dienone is 1. The quantitative estimate of drug-likeness (QED) is 0.660. The van der Waals surface area contributed by atoms with Crippen molar-refractivity contribution in [3.8, 4) is 0 Å². The van der Waals surface area contributed by atoms with E-state index in [1.807, 2.05) is 48.7 Å². The molecule has 0 bridgehead atoms. The van der Waals surface area contributed by atoms with Gasteiger partial charge in [-0.05, 0) is 42.3 Å². The summed E-state index contributed by atoms with van der Waals surface area (Å²) in [5.74, 6) is 0.783. The Hall–Kier alpha value is -3.27. The second-order valence-electron chi connectivity index (χ2n) is 6.19.